The summed E-state index contributed by atoms with van der Waals surface area (Å²) >= 11 is 0. The summed E-state index contributed by atoms with van der Waals surface area (Å²) in [5.41, 5.74) is 0.769. The van der Waals surface area contributed by atoms with Crippen LogP contribution < -0.4 is 10.1 Å². The van der Waals surface area contributed by atoms with Crippen LogP contribution in [0.15, 0.2) is 12.3 Å². The third-order valence-corrected chi connectivity index (χ3v) is 5.68. The Morgan fingerprint density at radius 1 is 1.24 bits per heavy atom. The van der Waals surface area contributed by atoms with E-state index >= 15 is 0 Å². The summed E-state index contributed by atoms with van der Waals surface area (Å²) in [6.07, 6.45) is 11.4. The molecule has 5 nitrogen and oxygen atoms in total. The number of amides is 1. The second kappa shape index (κ2) is 6.94. The van der Waals surface area contributed by atoms with Crippen LogP contribution in [0.1, 0.15) is 79.8 Å². The minimum atomic E-state index is -0.757. The normalized spacial score (nSPS) is 22.4. The van der Waals surface area contributed by atoms with E-state index in [1.54, 1.807) is 6.07 Å². The Labute approximate surface area is 149 Å². The van der Waals surface area contributed by atoms with Gasteiger partial charge in [0.1, 0.15) is 11.4 Å². The zero-order chi connectivity index (χ0) is 17.3. The van der Waals surface area contributed by atoms with E-state index in [9.17, 15) is 9.90 Å². The van der Waals surface area contributed by atoms with Gasteiger partial charge in [-0.15, -0.1) is 0 Å². The molecule has 136 valence electrons. The van der Waals surface area contributed by atoms with Crippen LogP contribution in [0.25, 0.3) is 0 Å². The lowest BCUT2D eigenvalue weighted by atomic mass is 9.85. The predicted molar refractivity (Wildman–Crippen MR) is 94.8 cm³/mol. The first-order chi connectivity index (χ1) is 12.1. The van der Waals surface area contributed by atoms with E-state index in [-0.39, 0.29) is 5.91 Å². The van der Waals surface area contributed by atoms with Crippen molar-refractivity contribution in [2.24, 2.45) is 5.92 Å². The molecule has 1 amide bonds. The maximum absolute atomic E-state index is 12.5. The molecule has 1 aromatic heterocycles. The molecule has 0 radical (unpaired) electrons. The molecule has 1 heterocycles. The zero-order valence-electron chi connectivity index (χ0n) is 14.8. The summed E-state index contributed by atoms with van der Waals surface area (Å²) in [5.74, 6) is 1.82. The van der Waals surface area contributed by atoms with Gasteiger partial charge in [0.2, 0.25) is 0 Å². The van der Waals surface area contributed by atoms with Gasteiger partial charge in [0.05, 0.1) is 12.2 Å². The molecule has 3 aliphatic carbocycles. The van der Waals surface area contributed by atoms with Gasteiger partial charge in [0, 0.05) is 24.4 Å². The Bertz CT molecular complexity index is 632. The number of aromatic nitrogens is 1. The molecule has 0 aliphatic heterocycles. The van der Waals surface area contributed by atoms with Crippen molar-refractivity contribution in [1.82, 2.24) is 10.3 Å². The smallest absolute Gasteiger partial charge is 0.270 e. The number of aliphatic hydroxyl groups is 1. The van der Waals surface area contributed by atoms with Crippen molar-refractivity contribution in [3.8, 4) is 5.75 Å². The number of rotatable bonds is 7. The Kier molecular flexibility index (Phi) is 4.67. The predicted octanol–water partition coefficient (Wildman–Crippen LogP) is 3.17. The largest absolute Gasteiger partial charge is 0.493 e. The quantitative estimate of drug-likeness (QED) is 0.797. The molecule has 3 saturated carbocycles. The van der Waals surface area contributed by atoms with Crippen LogP contribution in [0.3, 0.4) is 0 Å². The van der Waals surface area contributed by atoms with Crippen molar-refractivity contribution in [1.29, 1.82) is 0 Å². The van der Waals surface area contributed by atoms with Crippen LogP contribution in [-0.4, -0.2) is 34.8 Å². The molecule has 1 aromatic rings. The van der Waals surface area contributed by atoms with Gasteiger partial charge in [-0.2, -0.15) is 0 Å². The molecule has 2 N–H and O–H groups in total. The summed E-state index contributed by atoms with van der Waals surface area (Å²) in [6, 6.07) is 1.79. The van der Waals surface area contributed by atoms with Crippen molar-refractivity contribution >= 4 is 5.91 Å². The SMILES string of the molecule is O=C(NCC1(O)CCCCC1)c1cc(OCC2CC2)c(C2CC2)cn1. The topological polar surface area (TPSA) is 71.5 Å². The molecule has 0 unspecified atom stereocenters. The minimum absolute atomic E-state index is 0.224. The Morgan fingerprint density at radius 3 is 2.68 bits per heavy atom. The minimum Gasteiger partial charge on any atom is -0.493 e. The van der Waals surface area contributed by atoms with E-state index in [0.29, 0.717) is 24.1 Å². The van der Waals surface area contributed by atoms with Crippen LogP contribution in [0, 0.1) is 5.92 Å². The highest BCUT2D eigenvalue weighted by Gasteiger charge is 2.31. The van der Waals surface area contributed by atoms with Crippen LogP contribution in [0.2, 0.25) is 0 Å². The van der Waals surface area contributed by atoms with Gasteiger partial charge >= 0.3 is 0 Å². The van der Waals surface area contributed by atoms with Gasteiger partial charge in [0.25, 0.3) is 5.91 Å². The van der Waals surface area contributed by atoms with E-state index in [0.717, 1.165) is 43.6 Å². The lowest BCUT2D eigenvalue weighted by Gasteiger charge is -2.32. The standard InChI is InChI=1S/C20H28N2O3/c23-19(22-13-20(24)8-2-1-3-9-20)17-10-18(25-12-14-4-5-14)16(11-21-17)15-6-7-15/h10-11,14-15,24H,1-9,12-13H2,(H,22,23). The van der Waals surface area contributed by atoms with Gasteiger partial charge in [-0.25, -0.2) is 0 Å². The van der Waals surface area contributed by atoms with Crippen LogP contribution in [0.5, 0.6) is 5.75 Å². The summed E-state index contributed by atoms with van der Waals surface area (Å²) in [6.45, 7) is 1.04. The molecule has 0 bridgehead atoms. The second-order valence-corrected chi connectivity index (χ2v) is 8.10. The summed E-state index contributed by atoms with van der Waals surface area (Å²) in [4.78, 5) is 16.8. The van der Waals surface area contributed by atoms with Gasteiger partial charge in [-0.05, 0) is 50.4 Å². The molecule has 3 aliphatic rings. The number of hydrogen-bond acceptors (Lipinski definition) is 4. The average Bonchev–Trinajstić information content (AvgIpc) is 3.52. The average molecular weight is 344 g/mol. The Morgan fingerprint density at radius 2 is 2.00 bits per heavy atom. The summed E-state index contributed by atoms with van der Waals surface area (Å²) in [5, 5.41) is 13.4. The van der Waals surface area contributed by atoms with Gasteiger partial charge in [-0.3, -0.25) is 9.78 Å². The van der Waals surface area contributed by atoms with E-state index < -0.39 is 5.60 Å². The first kappa shape index (κ1) is 16.8. The van der Waals surface area contributed by atoms with E-state index in [2.05, 4.69) is 10.3 Å². The van der Waals surface area contributed by atoms with E-state index in [1.165, 1.54) is 32.1 Å². The fourth-order valence-corrected chi connectivity index (χ4v) is 3.61. The monoisotopic (exact) mass is 344 g/mol. The van der Waals surface area contributed by atoms with Crippen molar-refractivity contribution in [2.45, 2.75) is 69.3 Å². The second-order valence-electron chi connectivity index (χ2n) is 8.10. The summed E-state index contributed by atoms with van der Waals surface area (Å²) in [7, 11) is 0. The van der Waals surface area contributed by atoms with Crippen LogP contribution in [-0.2, 0) is 0 Å². The summed E-state index contributed by atoms with van der Waals surface area (Å²) < 4.78 is 6.00. The van der Waals surface area contributed by atoms with E-state index in [1.807, 2.05) is 6.20 Å². The third-order valence-electron chi connectivity index (χ3n) is 5.68. The zero-order valence-corrected chi connectivity index (χ0v) is 14.8. The van der Waals surface area contributed by atoms with Crippen molar-refractivity contribution in [3.05, 3.63) is 23.5 Å². The van der Waals surface area contributed by atoms with Crippen molar-refractivity contribution < 1.29 is 14.6 Å². The highest BCUT2D eigenvalue weighted by atomic mass is 16.5. The van der Waals surface area contributed by atoms with Crippen molar-refractivity contribution in [2.75, 3.05) is 13.2 Å². The van der Waals surface area contributed by atoms with E-state index in [4.69, 9.17) is 4.74 Å². The number of pyridine rings is 1. The van der Waals surface area contributed by atoms with Gasteiger partial charge in [-0.1, -0.05) is 19.3 Å². The first-order valence-corrected chi connectivity index (χ1v) is 9.76. The molecule has 0 spiro atoms. The lowest BCUT2D eigenvalue weighted by Crippen LogP contribution is -2.44. The lowest BCUT2D eigenvalue weighted by molar-refractivity contribution is 0.00521. The molecule has 4 rings (SSSR count). The highest BCUT2D eigenvalue weighted by molar-refractivity contribution is 5.92. The highest BCUT2D eigenvalue weighted by Crippen LogP contribution is 2.44. The fraction of sp³-hybridized carbons (Fsp3) is 0.700. The molecule has 0 saturated heterocycles. The number of carbonyl (C=O) groups is 1. The molecular formula is C20H28N2O3. The number of carbonyl (C=O) groups excluding carboxylic acids is 1. The Hall–Kier alpha value is -1.62. The van der Waals surface area contributed by atoms with Crippen LogP contribution >= 0.6 is 0 Å². The third kappa shape index (κ3) is 4.32. The first-order valence-electron chi connectivity index (χ1n) is 9.76. The fourth-order valence-electron chi connectivity index (χ4n) is 3.61. The van der Waals surface area contributed by atoms with Gasteiger partial charge in [0.15, 0.2) is 0 Å². The van der Waals surface area contributed by atoms with Gasteiger partial charge < -0.3 is 15.2 Å². The molecular weight excluding hydrogens is 316 g/mol. The number of nitrogens with one attached hydrogen (secondary N) is 1. The molecule has 0 atom stereocenters. The Balaban J connectivity index is 1.41. The van der Waals surface area contributed by atoms with Crippen LogP contribution in [0.4, 0.5) is 0 Å². The molecule has 0 aromatic carbocycles. The molecule has 3 fully saturated rings. The number of nitrogens with zero attached hydrogens (tertiary/aromatic N) is 1. The number of hydrogen-bond donors (Lipinski definition) is 2. The maximum Gasteiger partial charge on any atom is 0.270 e. The maximum atomic E-state index is 12.5. The van der Waals surface area contributed by atoms with Crippen molar-refractivity contribution in [3.63, 3.8) is 0 Å². The molecule has 25 heavy (non-hydrogen) atoms. The number of ether oxygens (including phenoxy) is 1. The molecule has 5 heteroatoms.